The molecule has 0 radical (unpaired) electrons. The van der Waals surface area contributed by atoms with Crippen molar-refractivity contribution in [3.8, 4) is 0 Å². The summed E-state index contributed by atoms with van der Waals surface area (Å²) < 4.78 is 12.1. The number of hydrogen-bond donors (Lipinski definition) is 1. The van der Waals surface area contributed by atoms with E-state index in [0.717, 1.165) is 24.2 Å². The van der Waals surface area contributed by atoms with E-state index >= 15 is 0 Å². The Labute approximate surface area is 157 Å². The number of nitrogens with one attached hydrogen (secondary N) is 1. The average Bonchev–Trinajstić information content (AvgIpc) is 3.35. The number of ether oxygens (including phenoxy) is 2. The van der Waals surface area contributed by atoms with E-state index in [1.54, 1.807) is 19.9 Å². The molecule has 1 aliphatic rings. The molecule has 144 valence electrons. The van der Waals surface area contributed by atoms with E-state index in [1.165, 1.54) is 7.11 Å². The van der Waals surface area contributed by atoms with E-state index in [0.29, 0.717) is 28.4 Å². The summed E-state index contributed by atoms with van der Waals surface area (Å²) in [5.74, 6) is -1.42. The van der Waals surface area contributed by atoms with Gasteiger partial charge in [0.15, 0.2) is 6.61 Å². The predicted octanol–water partition coefficient (Wildman–Crippen LogP) is 3.21. The normalized spacial score (nSPS) is 13.5. The third kappa shape index (κ3) is 3.41. The van der Waals surface area contributed by atoms with E-state index < -0.39 is 24.3 Å². The second-order valence-corrected chi connectivity index (χ2v) is 7.00. The Bertz CT molecular complexity index is 931. The molecule has 2 aromatic heterocycles. The smallest absolute Gasteiger partial charge is 0.340 e. The fraction of sp³-hybridized carbons (Fsp3) is 0.450. The maximum absolute atomic E-state index is 12.5. The fourth-order valence-corrected chi connectivity index (χ4v) is 3.60. The zero-order chi connectivity index (χ0) is 19.9. The molecule has 3 rings (SSSR count). The van der Waals surface area contributed by atoms with Crippen LogP contribution in [0.15, 0.2) is 6.07 Å². The summed E-state index contributed by atoms with van der Waals surface area (Å²) in [6.07, 6.45) is 2.24. The summed E-state index contributed by atoms with van der Waals surface area (Å²) in [7, 11) is 1.29. The average molecular weight is 372 g/mol. The van der Waals surface area contributed by atoms with Gasteiger partial charge in [-0.2, -0.15) is 0 Å². The van der Waals surface area contributed by atoms with Gasteiger partial charge < -0.3 is 19.0 Å². The van der Waals surface area contributed by atoms with Crippen molar-refractivity contribution in [1.82, 2.24) is 9.55 Å². The zero-order valence-corrected chi connectivity index (χ0v) is 16.3. The topological polar surface area (TPSA) is 90.4 Å². The molecular weight excluding hydrogens is 348 g/mol. The summed E-state index contributed by atoms with van der Waals surface area (Å²) in [5.41, 5.74) is 4.00. The largest absolute Gasteiger partial charge is 0.465 e. The Balaban J connectivity index is 1.72. The van der Waals surface area contributed by atoms with Gasteiger partial charge >= 0.3 is 11.9 Å². The standard InChI is InChI=1S/C20H24N2O5/c1-10-8-15(13(4)22(10)14-6-7-14)19(24)27-9-16(23)18-11(2)17(12(3)21-18)20(25)26-5/h8,14,21H,6-7,9H2,1-5H3. The number of rotatable bonds is 6. The van der Waals surface area contributed by atoms with Crippen molar-refractivity contribution >= 4 is 17.7 Å². The molecule has 1 N–H and O–H groups in total. The molecule has 2 aromatic rings. The fourth-order valence-electron chi connectivity index (χ4n) is 3.60. The molecule has 0 spiro atoms. The van der Waals surface area contributed by atoms with Gasteiger partial charge in [-0.15, -0.1) is 0 Å². The van der Waals surface area contributed by atoms with Crippen molar-refractivity contribution in [3.63, 3.8) is 0 Å². The van der Waals surface area contributed by atoms with Gasteiger partial charge in [0.25, 0.3) is 0 Å². The van der Waals surface area contributed by atoms with Crippen LogP contribution >= 0.6 is 0 Å². The molecule has 2 heterocycles. The van der Waals surface area contributed by atoms with Gasteiger partial charge in [0.1, 0.15) is 0 Å². The Morgan fingerprint density at radius 3 is 2.41 bits per heavy atom. The summed E-state index contributed by atoms with van der Waals surface area (Å²) in [6.45, 7) is 6.81. The minimum Gasteiger partial charge on any atom is -0.465 e. The Hall–Kier alpha value is -2.83. The summed E-state index contributed by atoms with van der Waals surface area (Å²) in [6, 6.07) is 2.27. The number of hydrogen-bond acceptors (Lipinski definition) is 5. The Morgan fingerprint density at radius 1 is 1.15 bits per heavy atom. The van der Waals surface area contributed by atoms with Crippen molar-refractivity contribution in [3.05, 3.63) is 45.5 Å². The van der Waals surface area contributed by atoms with E-state index in [1.807, 2.05) is 13.8 Å². The van der Waals surface area contributed by atoms with Crippen molar-refractivity contribution < 1.29 is 23.9 Å². The lowest BCUT2D eigenvalue weighted by atomic mass is 10.1. The van der Waals surface area contributed by atoms with Gasteiger partial charge in [0.05, 0.1) is 23.9 Å². The Morgan fingerprint density at radius 2 is 1.81 bits per heavy atom. The molecule has 1 fully saturated rings. The molecule has 7 heteroatoms. The van der Waals surface area contributed by atoms with Crippen LogP contribution in [0.4, 0.5) is 0 Å². The molecule has 0 saturated heterocycles. The highest BCUT2D eigenvalue weighted by atomic mass is 16.5. The third-order valence-corrected chi connectivity index (χ3v) is 5.06. The summed E-state index contributed by atoms with van der Waals surface area (Å²) in [5, 5.41) is 0. The first-order chi connectivity index (χ1) is 12.8. The van der Waals surface area contributed by atoms with Crippen LogP contribution in [0.5, 0.6) is 0 Å². The third-order valence-electron chi connectivity index (χ3n) is 5.06. The number of aromatic amines is 1. The second-order valence-electron chi connectivity index (χ2n) is 7.00. The second kappa shape index (κ2) is 7.06. The van der Waals surface area contributed by atoms with Gasteiger partial charge in [-0.05, 0) is 52.2 Å². The van der Waals surface area contributed by atoms with Crippen LogP contribution < -0.4 is 0 Å². The molecule has 0 unspecified atom stereocenters. The van der Waals surface area contributed by atoms with Crippen molar-refractivity contribution in [2.75, 3.05) is 13.7 Å². The van der Waals surface area contributed by atoms with Crippen molar-refractivity contribution in [2.45, 2.75) is 46.6 Å². The lowest BCUT2D eigenvalue weighted by Gasteiger charge is -2.08. The zero-order valence-electron chi connectivity index (χ0n) is 16.3. The minimum atomic E-state index is -0.516. The SMILES string of the molecule is COC(=O)c1c(C)[nH]c(C(=O)COC(=O)c2cc(C)n(C3CC3)c2C)c1C. The van der Waals surface area contributed by atoms with Crippen LogP contribution in [0.25, 0.3) is 0 Å². The van der Waals surface area contributed by atoms with Gasteiger partial charge in [-0.3, -0.25) is 4.79 Å². The predicted molar refractivity (Wildman–Crippen MR) is 98.4 cm³/mol. The van der Waals surface area contributed by atoms with E-state index in [-0.39, 0.29) is 5.69 Å². The molecule has 0 aromatic carbocycles. The van der Waals surface area contributed by atoms with E-state index in [9.17, 15) is 14.4 Å². The van der Waals surface area contributed by atoms with Crippen molar-refractivity contribution in [2.24, 2.45) is 0 Å². The summed E-state index contributed by atoms with van der Waals surface area (Å²) in [4.78, 5) is 39.7. The molecule has 0 bridgehead atoms. The maximum Gasteiger partial charge on any atom is 0.340 e. The highest BCUT2D eigenvalue weighted by Gasteiger charge is 2.29. The number of carbonyl (C=O) groups excluding carboxylic acids is 3. The number of ketones is 1. The van der Waals surface area contributed by atoms with E-state index in [4.69, 9.17) is 9.47 Å². The number of H-pyrrole nitrogens is 1. The molecule has 0 amide bonds. The molecule has 7 nitrogen and oxygen atoms in total. The van der Waals surface area contributed by atoms with Crippen LogP contribution in [0, 0.1) is 27.7 Å². The molecular formula is C20H24N2O5. The number of carbonyl (C=O) groups is 3. The molecule has 1 saturated carbocycles. The monoisotopic (exact) mass is 372 g/mol. The molecule has 27 heavy (non-hydrogen) atoms. The number of esters is 2. The Kier molecular flexibility index (Phi) is 4.95. The molecule has 0 aliphatic heterocycles. The lowest BCUT2D eigenvalue weighted by Crippen LogP contribution is -2.16. The number of aryl methyl sites for hydroxylation is 2. The number of nitrogens with zero attached hydrogens (tertiary/aromatic N) is 1. The van der Waals surface area contributed by atoms with Crippen LogP contribution in [0.3, 0.4) is 0 Å². The van der Waals surface area contributed by atoms with Gasteiger partial charge in [-0.1, -0.05) is 0 Å². The van der Waals surface area contributed by atoms with Crippen molar-refractivity contribution in [1.29, 1.82) is 0 Å². The number of Topliss-reactive ketones (excluding diaryl/α,β-unsaturated/α-hetero) is 1. The van der Waals surface area contributed by atoms with Gasteiger partial charge in [0, 0.05) is 23.1 Å². The number of aromatic nitrogens is 2. The van der Waals surface area contributed by atoms with E-state index in [2.05, 4.69) is 9.55 Å². The maximum atomic E-state index is 12.5. The highest BCUT2D eigenvalue weighted by molar-refractivity contribution is 6.03. The first-order valence-electron chi connectivity index (χ1n) is 8.92. The number of methoxy groups -OCH3 is 1. The lowest BCUT2D eigenvalue weighted by molar-refractivity contribution is 0.0472. The van der Waals surface area contributed by atoms with Crippen LogP contribution in [-0.4, -0.2) is 41.0 Å². The highest BCUT2D eigenvalue weighted by Crippen LogP contribution is 2.38. The van der Waals surface area contributed by atoms with Crippen LogP contribution in [0.2, 0.25) is 0 Å². The van der Waals surface area contributed by atoms with Crippen LogP contribution in [-0.2, 0) is 9.47 Å². The molecule has 0 atom stereocenters. The first kappa shape index (κ1) is 18.9. The van der Waals surface area contributed by atoms with Gasteiger partial charge in [-0.25, -0.2) is 9.59 Å². The summed E-state index contributed by atoms with van der Waals surface area (Å²) >= 11 is 0. The van der Waals surface area contributed by atoms with Crippen LogP contribution in [0.1, 0.15) is 72.7 Å². The first-order valence-corrected chi connectivity index (χ1v) is 8.92. The van der Waals surface area contributed by atoms with Gasteiger partial charge in [0.2, 0.25) is 5.78 Å². The quantitative estimate of drug-likeness (QED) is 0.621. The minimum absolute atomic E-state index is 0.254. The molecule has 1 aliphatic carbocycles.